The topological polar surface area (TPSA) is 17.1 Å². The molecule has 2 aliphatic carbocycles. The molecule has 0 aromatic heterocycles. The minimum Gasteiger partial charge on any atom is -0.309 e. The molecule has 0 amide bonds. The average Bonchev–Trinajstić information content (AvgIpc) is 3.67. The van der Waals surface area contributed by atoms with E-state index in [0.29, 0.717) is 0 Å². The molecular weight excluding hydrogens is 744 g/mol. The van der Waals surface area contributed by atoms with E-state index in [4.69, 9.17) is 0 Å². The largest absolute Gasteiger partial charge is 0.309 e. The fourth-order valence-electron chi connectivity index (χ4n) is 11.0. The first kappa shape index (κ1) is 35.4. The summed E-state index contributed by atoms with van der Waals surface area (Å²) in [4.78, 5) is 0. The second kappa shape index (κ2) is 12.5. The SMILES string of the molecule is CC1(C)c2ccccc2-c2ccc(P(=O)(c3ccc(-c4cc5c(ccc6c7ccccc7ccc65)c5ccccc45)cc3)c3ccc4c(c3)C(C)(C)c3ccccc3-4)cc21. The van der Waals surface area contributed by atoms with Crippen LogP contribution in [0.2, 0.25) is 0 Å². The Balaban J connectivity index is 1.06. The maximum absolute atomic E-state index is 16.7. The highest BCUT2D eigenvalue weighted by Crippen LogP contribution is 2.53. The highest BCUT2D eigenvalue weighted by atomic mass is 31.2. The molecule has 0 saturated heterocycles. The van der Waals surface area contributed by atoms with Crippen LogP contribution in [-0.4, -0.2) is 0 Å². The van der Waals surface area contributed by atoms with E-state index >= 15 is 4.57 Å². The molecule has 0 spiro atoms. The molecule has 1 nitrogen and oxygen atoms in total. The zero-order valence-corrected chi connectivity index (χ0v) is 35.1. The molecule has 60 heavy (non-hydrogen) atoms. The van der Waals surface area contributed by atoms with Crippen molar-refractivity contribution in [3.05, 3.63) is 210 Å². The molecule has 0 N–H and O–H groups in total. The summed E-state index contributed by atoms with van der Waals surface area (Å²) in [6.45, 7) is 9.21. The summed E-state index contributed by atoms with van der Waals surface area (Å²) in [5, 5.41) is 12.6. The van der Waals surface area contributed by atoms with Crippen molar-refractivity contribution in [3.63, 3.8) is 0 Å². The average molecular weight is 787 g/mol. The summed E-state index contributed by atoms with van der Waals surface area (Å²) in [5.41, 5.74) is 11.9. The minimum atomic E-state index is -3.40. The van der Waals surface area contributed by atoms with Gasteiger partial charge in [-0.2, -0.15) is 0 Å². The van der Waals surface area contributed by atoms with Gasteiger partial charge in [0.25, 0.3) is 0 Å². The molecule has 0 radical (unpaired) electrons. The molecule has 12 rings (SSSR count). The monoisotopic (exact) mass is 786 g/mol. The van der Waals surface area contributed by atoms with Gasteiger partial charge in [0.05, 0.1) is 0 Å². The molecule has 0 atom stereocenters. The Morgan fingerprint density at radius 3 is 1.35 bits per heavy atom. The Labute approximate surface area is 351 Å². The van der Waals surface area contributed by atoms with Crippen molar-refractivity contribution in [2.45, 2.75) is 38.5 Å². The van der Waals surface area contributed by atoms with E-state index in [-0.39, 0.29) is 10.8 Å². The Bertz CT molecular complexity index is 3400. The van der Waals surface area contributed by atoms with Gasteiger partial charge in [-0.1, -0.05) is 198 Å². The summed E-state index contributed by atoms with van der Waals surface area (Å²) in [5.74, 6) is 0. The Kier molecular flexibility index (Phi) is 7.38. The molecule has 0 unspecified atom stereocenters. The van der Waals surface area contributed by atoms with Crippen molar-refractivity contribution in [2.24, 2.45) is 0 Å². The lowest BCUT2D eigenvalue weighted by molar-refractivity contribution is 0.592. The Morgan fingerprint density at radius 1 is 0.317 bits per heavy atom. The lowest BCUT2D eigenvalue weighted by atomic mass is 9.82. The molecule has 0 bridgehead atoms. The molecule has 10 aromatic carbocycles. The van der Waals surface area contributed by atoms with Gasteiger partial charge in [0.15, 0.2) is 7.14 Å². The molecule has 0 saturated carbocycles. The number of fused-ring (bicyclic) bond motifs is 13. The van der Waals surface area contributed by atoms with Gasteiger partial charge in [0.1, 0.15) is 0 Å². The van der Waals surface area contributed by atoms with Crippen molar-refractivity contribution >= 4 is 66.1 Å². The summed E-state index contributed by atoms with van der Waals surface area (Å²) in [6, 6.07) is 68.3. The van der Waals surface area contributed by atoms with Crippen LogP contribution >= 0.6 is 7.14 Å². The standard InChI is InChI=1S/C58H43OP/c1-57(2)53-19-11-9-17-47(53)49-29-26-39(33-55(49)57)60(59,40-27-30-50-48-18-10-12-20-54(48)58(3,4)56(50)34-40)38-24-21-37(22-25-38)51-35-52-45-28-23-36-13-5-6-14-41(36)44(45)31-32-46(52)42-15-7-8-16-43(42)51/h5-35H,1-4H3. The minimum absolute atomic E-state index is 0.216. The van der Waals surface area contributed by atoms with Crippen molar-refractivity contribution < 1.29 is 4.57 Å². The first-order valence-electron chi connectivity index (χ1n) is 21.1. The van der Waals surface area contributed by atoms with Crippen LogP contribution in [0.4, 0.5) is 0 Å². The quantitative estimate of drug-likeness (QED) is 0.128. The van der Waals surface area contributed by atoms with Crippen LogP contribution in [0, 0.1) is 0 Å². The molecular formula is C58H43OP. The highest BCUT2D eigenvalue weighted by molar-refractivity contribution is 7.85. The molecule has 0 heterocycles. The summed E-state index contributed by atoms with van der Waals surface area (Å²) < 4.78 is 16.7. The second-order valence-corrected chi connectivity index (χ2v) is 20.7. The van der Waals surface area contributed by atoms with Crippen molar-refractivity contribution in [1.29, 1.82) is 0 Å². The van der Waals surface area contributed by atoms with E-state index < -0.39 is 7.14 Å². The zero-order valence-electron chi connectivity index (χ0n) is 34.3. The van der Waals surface area contributed by atoms with Crippen molar-refractivity contribution in [1.82, 2.24) is 0 Å². The van der Waals surface area contributed by atoms with E-state index in [1.165, 1.54) is 93.2 Å². The first-order chi connectivity index (χ1) is 29.1. The smallest absolute Gasteiger partial charge is 0.171 e. The number of rotatable bonds is 4. The summed E-state index contributed by atoms with van der Waals surface area (Å²) in [6.07, 6.45) is 0. The lowest BCUT2D eigenvalue weighted by Gasteiger charge is -2.26. The van der Waals surface area contributed by atoms with E-state index in [9.17, 15) is 0 Å². The van der Waals surface area contributed by atoms with Gasteiger partial charge >= 0.3 is 0 Å². The van der Waals surface area contributed by atoms with Gasteiger partial charge in [0, 0.05) is 26.7 Å². The van der Waals surface area contributed by atoms with E-state index in [0.717, 1.165) is 21.5 Å². The second-order valence-electron chi connectivity index (χ2n) is 18.0. The van der Waals surface area contributed by atoms with Gasteiger partial charge in [0.2, 0.25) is 0 Å². The predicted molar refractivity (Wildman–Crippen MR) is 256 cm³/mol. The first-order valence-corrected chi connectivity index (χ1v) is 22.8. The Morgan fingerprint density at radius 2 is 0.750 bits per heavy atom. The van der Waals surface area contributed by atoms with Gasteiger partial charge in [-0.05, 0) is 117 Å². The van der Waals surface area contributed by atoms with Crippen LogP contribution in [0.1, 0.15) is 49.9 Å². The molecule has 0 aliphatic heterocycles. The fraction of sp³-hybridized carbons (Fsp3) is 0.103. The van der Waals surface area contributed by atoms with Crippen LogP contribution < -0.4 is 15.9 Å². The van der Waals surface area contributed by atoms with Crippen molar-refractivity contribution in [2.75, 3.05) is 0 Å². The third kappa shape index (κ3) is 4.79. The fourth-order valence-corrected chi connectivity index (χ4v) is 13.6. The van der Waals surface area contributed by atoms with Crippen LogP contribution in [0.5, 0.6) is 0 Å². The van der Waals surface area contributed by atoms with Gasteiger partial charge in [-0.25, -0.2) is 0 Å². The lowest BCUT2D eigenvalue weighted by Crippen LogP contribution is -2.28. The summed E-state index contributed by atoms with van der Waals surface area (Å²) in [7, 11) is -3.40. The van der Waals surface area contributed by atoms with Gasteiger partial charge in [-0.3, -0.25) is 0 Å². The predicted octanol–water partition coefficient (Wildman–Crippen LogP) is 14.2. The molecule has 0 fully saturated rings. The van der Waals surface area contributed by atoms with Gasteiger partial charge in [-0.15, -0.1) is 0 Å². The van der Waals surface area contributed by atoms with Crippen LogP contribution in [0.3, 0.4) is 0 Å². The molecule has 2 heteroatoms. The Hall–Kier alpha value is -6.53. The zero-order chi connectivity index (χ0) is 40.5. The van der Waals surface area contributed by atoms with E-state index in [1.54, 1.807) is 0 Å². The number of hydrogen-bond acceptors (Lipinski definition) is 1. The maximum Gasteiger partial charge on any atom is 0.171 e. The maximum atomic E-state index is 16.7. The van der Waals surface area contributed by atoms with E-state index in [1.807, 2.05) is 0 Å². The van der Waals surface area contributed by atoms with Crippen molar-refractivity contribution in [3.8, 4) is 33.4 Å². The third-order valence-corrected chi connectivity index (χ3v) is 17.2. The van der Waals surface area contributed by atoms with E-state index in [2.05, 4.69) is 216 Å². The third-order valence-electron chi connectivity index (χ3n) is 14.2. The normalized spacial score (nSPS) is 14.7. The molecule has 286 valence electrons. The number of hydrogen-bond donors (Lipinski definition) is 0. The van der Waals surface area contributed by atoms with Crippen LogP contribution in [0.15, 0.2) is 188 Å². The number of benzene rings is 10. The van der Waals surface area contributed by atoms with Gasteiger partial charge < -0.3 is 4.57 Å². The highest BCUT2D eigenvalue weighted by Gasteiger charge is 2.40. The van der Waals surface area contributed by atoms with Crippen LogP contribution in [-0.2, 0) is 15.4 Å². The molecule has 2 aliphatic rings. The summed E-state index contributed by atoms with van der Waals surface area (Å²) >= 11 is 0. The van der Waals surface area contributed by atoms with Crippen LogP contribution in [0.25, 0.3) is 76.5 Å². The molecule has 10 aromatic rings.